The standard InChI is InChI=1S/C20H30O7/c1-20(2,3)27-19(22)8-9-23-10-11-24-12-13-25-14-15-26-18-6-4-17(16-21)5-7-18/h4-7,16H,8-15H2,1-3H3. The van der Waals surface area contributed by atoms with Crippen molar-refractivity contribution in [1.82, 2.24) is 0 Å². The zero-order chi connectivity index (χ0) is 20.0. The summed E-state index contributed by atoms with van der Waals surface area (Å²) in [6, 6.07) is 6.89. The summed E-state index contributed by atoms with van der Waals surface area (Å²) in [5.41, 5.74) is 0.149. The molecular formula is C20H30O7. The summed E-state index contributed by atoms with van der Waals surface area (Å²) >= 11 is 0. The van der Waals surface area contributed by atoms with Gasteiger partial charge >= 0.3 is 5.97 Å². The van der Waals surface area contributed by atoms with E-state index in [4.69, 9.17) is 23.7 Å². The average Bonchev–Trinajstić information content (AvgIpc) is 2.61. The third-order valence-corrected chi connectivity index (χ3v) is 3.13. The Bertz CT molecular complexity index is 534. The lowest BCUT2D eigenvalue weighted by molar-refractivity contribution is -0.156. The van der Waals surface area contributed by atoms with E-state index in [1.807, 2.05) is 20.8 Å². The topological polar surface area (TPSA) is 80.3 Å². The van der Waals surface area contributed by atoms with E-state index in [2.05, 4.69) is 0 Å². The molecule has 1 rings (SSSR count). The smallest absolute Gasteiger partial charge is 0.308 e. The highest BCUT2D eigenvalue weighted by Gasteiger charge is 2.15. The molecule has 0 radical (unpaired) electrons. The van der Waals surface area contributed by atoms with Crippen molar-refractivity contribution >= 4 is 12.3 Å². The fraction of sp³-hybridized carbons (Fsp3) is 0.600. The first-order valence-electron chi connectivity index (χ1n) is 9.04. The minimum Gasteiger partial charge on any atom is -0.491 e. The van der Waals surface area contributed by atoms with Gasteiger partial charge in [0.05, 0.1) is 46.1 Å². The fourth-order valence-corrected chi connectivity index (χ4v) is 1.95. The van der Waals surface area contributed by atoms with Gasteiger partial charge in [0.1, 0.15) is 24.2 Å². The van der Waals surface area contributed by atoms with Gasteiger partial charge in [-0.3, -0.25) is 9.59 Å². The first kappa shape index (κ1) is 23.1. The van der Waals surface area contributed by atoms with E-state index in [0.29, 0.717) is 57.6 Å². The Balaban J connectivity index is 1.86. The third kappa shape index (κ3) is 12.9. The molecule has 1 aromatic carbocycles. The molecule has 7 nitrogen and oxygen atoms in total. The van der Waals surface area contributed by atoms with Crippen molar-refractivity contribution in [2.24, 2.45) is 0 Å². The number of aldehydes is 1. The summed E-state index contributed by atoms with van der Waals surface area (Å²) in [6.45, 7) is 8.48. The molecule has 0 heterocycles. The molecule has 0 aliphatic carbocycles. The summed E-state index contributed by atoms with van der Waals surface area (Å²) in [4.78, 5) is 22.0. The van der Waals surface area contributed by atoms with Crippen LogP contribution >= 0.6 is 0 Å². The molecule has 27 heavy (non-hydrogen) atoms. The van der Waals surface area contributed by atoms with Gasteiger partial charge in [-0.15, -0.1) is 0 Å². The molecule has 0 aromatic heterocycles. The van der Waals surface area contributed by atoms with E-state index >= 15 is 0 Å². The highest BCUT2D eigenvalue weighted by molar-refractivity contribution is 5.74. The summed E-state index contributed by atoms with van der Waals surface area (Å²) in [5.74, 6) is 0.433. The van der Waals surface area contributed by atoms with Gasteiger partial charge in [-0.25, -0.2) is 0 Å². The first-order chi connectivity index (χ1) is 12.9. The second kappa shape index (κ2) is 13.2. The van der Waals surface area contributed by atoms with Crippen LogP contribution < -0.4 is 4.74 Å². The second-order valence-electron chi connectivity index (χ2n) is 6.71. The number of benzene rings is 1. The van der Waals surface area contributed by atoms with Crippen LogP contribution in [0, 0.1) is 0 Å². The van der Waals surface area contributed by atoms with Crippen molar-refractivity contribution in [1.29, 1.82) is 0 Å². The molecule has 0 aliphatic heterocycles. The summed E-state index contributed by atoms with van der Waals surface area (Å²) in [5, 5.41) is 0. The van der Waals surface area contributed by atoms with Crippen molar-refractivity contribution in [3.63, 3.8) is 0 Å². The van der Waals surface area contributed by atoms with Crippen LogP contribution in [0.2, 0.25) is 0 Å². The molecule has 0 bridgehead atoms. The molecule has 0 spiro atoms. The van der Waals surface area contributed by atoms with Gasteiger partial charge in [-0.05, 0) is 45.0 Å². The van der Waals surface area contributed by atoms with Crippen molar-refractivity contribution in [2.75, 3.05) is 46.2 Å². The van der Waals surface area contributed by atoms with Crippen LogP contribution in [-0.4, -0.2) is 64.1 Å². The Morgan fingerprint density at radius 2 is 1.37 bits per heavy atom. The summed E-state index contributed by atoms with van der Waals surface area (Å²) in [7, 11) is 0. The van der Waals surface area contributed by atoms with Crippen LogP contribution in [0.1, 0.15) is 37.6 Å². The highest BCUT2D eigenvalue weighted by atomic mass is 16.6. The number of rotatable bonds is 14. The highest BCUT2D eigenvalue weighted by Crippen LogP contribution is 2.10. The molecular weight excluding hydrogens is 352 g/mol. The number of carbonyl (C=O) groups excluding carboxylic acids is 2. The van der Waals surface area contributed by atoms with E-state index in [9.17, 15) is 9.59 Å². The summed E-state index contributed by atoms with van der Waals surface area (Å²) < 4.78 is 26.8. The largest absolute Gasteiger partial charge is 0.491 e. The van der Waals surface area contributed by atoms with E-state index in [-0.39, 0.29) is 12.4 Å². The zero-order valence-corrected chi connectivity index (χ0v) is 16.4. The molecule has 0 saturated carbocycles. The second-order valence-corrected chi connectivity index (χ2v) is 6.71. The predicted molar refractivity (Wildman–Crippen MR) is 100 cm³/mol. The molecule has 1 aromatic rings. The average molecular weight is 382 g/mol. The van der Waals surface area contributed by atoms with Gasteiger partial charge < -0.3 is 23.7 Å². The number of carbonyl (C=O) groups is 2. The quantitative estimate of drug-likeness (QED) is 0.278. The fourth-order valence-electron chi connectivity index (χ4n) is 1.95. The van der Waals surface area contributed by atoms with E-state index in [1.54, 1.807) is 24.3 Å². The molecule has 0 aliphatic rings. The molecule has 0 saturated heterocycles. The van der Waals surface area contributed by atoms with Crippen LogP contribution in [0.4, 0.5) is 0 Å². The Morgan fingerprint density at radius 3 is 1.89 bits per heavy atom. The Morgan fingerprint density at radius 1 is 0.852 bits per heavy atom. The van der Waals surface area contributed by atoms with Crippen molar-refractivity contribution in [2.45, 2.75) is 32.8 Å². The minimum atomic E-state index is -0.466. The number of hydrogen-bond donors (Lipinski definition) is 0. The van der Waals surface area contributed by atoms with Gasteiger partial charge in [0.15, 0.2) is 0 Å². The molecule has 0 unspecified atom stereocenters. The molecule has 0 N–H and O–H groups in total. The van der Waals surface area contributed by atoms with Crippen molar-refractivity contribution in [3.05, 3.63) is 29.8 Å². The van der Waals surface area contributed by atoms with E-state index < -0.39 is 5.60 Å². The number of ether oxygens (including phenoxy) is 5. The van der Waals surface area contributed by atoms with Gasteiger partial charge in [-0.1, -0.05) is 0 Å². The van der Waals surface area contributed by atoms with Gasteiger partial charge in [0, 0.05) is 5.56 Å². The third-order valence-electron chi connectivity index (χ3n) is 3.13. The van der Waals surface area contributed by atoms with E-state index in [1.165, 1.54) is 0 Å². The van der Waals surface area contributed by atoms with Crippen LogP contribution in [-0.2, 0) is 23.7 Å². The number of hydrogen-bond acceptors (Lipinski definition) is 7. The minimum absolute atomic E-state index is 0.234. The molecule has 0 amide bonds. The Kier molecular flexibility index (Phi) is 11.3. The monoisotopic (exact) mass is 382 g/mol. The van der Waals surface area contributed by atoms with Crippen LogP contribution in [0.3, 0.4) is 0 Å². The molecule has 152 valence electrons. The van der Waals surface area contributed by atoms with Gasteiger partial charge in [0.25, 0.3) is 0 Å². The Hall–Kier alpha value is -1.96. The lowest BCUT2D eigenvalue weighted by Gasteiger charge is -2.19. The molecule has 0 fully saturated rings. The van der Waals surface area contributed by atoms with Crippen LogP contribution in [0.15, 0.2) is 24.3 Å². The van der Waals surface area contributed by atoms with Crippen LogP contribution in [0.5, 0.6) is 5.75 Å². The first-order valence-corrected chi connectivity index (χ1v) is 9.04. The lowest BCUT2D eigenvalue weighted by Crippen LogP contribution is -2.24. The van der Waals surface area contributed by atoms with Gasteiger partial charge in [0.2, 0.25) is 0 Å². The maximum Gasteiger partial charge on any atom is 0.308 e. The van der Waals surface area contributed by atoms with Crippen molar-refractivity contribution in [3.8, 4) is 5.75 Å². The molecule has 0 atom stereocenters. The summed E-state index contributed by atoms with van der Waals surface area (Å²) in [6.07, 6.45) is 1.03. The van der Waals surface area contributed by atoms with Crippen LogP contribution in [0.25, 0.3) is 0 Å². The normalized spacial score (nSPS) is 11.2. The SMILES string of the molecule is CC(C)(C)OC(=O)CCOCCOCCOCCOc1ccc(C=O)cc1. The van der Waals surface area contributed by atoms with Gasteiger partial charge in [-0.2, -0.15) is 0 Å². The maximum atomic E-state index is 11.5. The number of esters is 1. The molecule has 7 heteroatoms. The van der Waals surface area contributed by atoms with Crippen molar-refractivity contribution < 1.29 is 33.3 Å². The van der Waals surface area contributed by atoms with E-state index in [0.717, 1.165) is 6.29 Å². The Labute approximate surface area is 160 Å². The predicted octanol–water partition coefficient (Wildman–Crippen LogP) is 2.66. The lowest BCUT2D eigenvalue weighted by atomic mass is 10.2. The maximum absolute atomic E-state index is 11.5. The zero-order valence-electron chi connectivity index (χ0n) is 16.4.